The molecule has 140 valence electrons. The third-order valence-electron chi connectivity index (χ3n) is 4.94. The lowest BCUT2D eigenvalue weighted by Gasteiger charge is -2.29. The molecule has 7 nitrogen and oxygen atoms in total. The van der Waals surface area contributed by atoms with Crippen LogP contribution in [0.5, 0.6) is 0 Å². The van der Waals surface area contributed by atoms with Gasteiger partial charge in [-0.2, -0.15) is 0 Å². The minimum absolute atomic E-state index is 0.00343. The number of ether oxygens (including phenoxy) is 1. The average Bonchev–Trinajstić information content (AvgIpc) is 2.95. The maximum Gasteiger partial charge on any atom is 0.419 e. The summed E-state index contributed by atoms with van der Waals surface area (Å²) in [4.78, 5) is 35.7. The number of fused-ring (bicyclic) bond motifs is 1. The molecule has 1 aromatic carbocycles. The van der Waals surface area contributed by atoms with Crippen LogP contribution < -0.4 is 11.1 Å². The molecule has 0 unspecified atom stereocenters. The van der Waals surface area contributed by atoms with Gasteiger partial charge in [-0.1, -0.05) is 31.9 Å². The van der Waals surface area contributed by atoms with Crippen LogP contribution in [0.3, 0.4) is 0 Å². The molecule has 0 spiro atoms. The van der Waals surface area contributed by atoms with Crippen molar-refractivity contribution in [3.05, 3.63) is 34.8 Å². The molecular formula is C19H24N2O5. The molecule has 0 saturated heterocycles. The summed E-state index contributed by atoms with van der Waals surface area (Å²) in [6.45, 7) is 1.99. The number of para-hydroxylation sites is 2. The number of oxazole rings is 1. The molecule has 1 saturated carbocycles. The van der Waals surface area contributed by atoms with Crippen molar-refractivity contribution in [1.82, 2.24) is 9.88 Å². The fourth-order valence-corrected chi connectivity index (χ4v) is 3.43. The zero-order valence-electron chi connectivity index (χ0n) is 14.9. The highest BCUT2D eigenvalue weighted by Gasteiger charge is 2.23. The fourth-order valence-electron chi connectivity index (χ4n) is 3.43. The first kappa shape index (κ1) is 18.2. The number of esters is 1. The second kappa shape index (κ2) is 8.21. The second-order valence-corrected chi connectivity index (χ2v) is 6.83. The molecular weight excluding hydrogens is 336 g/mol. The molecule has 2 aromatic rings. The van der Waals surface area contributed by atoms with Crippen molar-refractivity contribution in [2.24, 2.45) is 5.92 Å². The van der Waals surface area contributed by atoms with Crippen LogP contribution in [0.2, 0.25) is 0 Å². The highest BCUT2D eigenvalue weighted by Crippen LogP contribution is 2.23. The van der Waals surface area contributed by atoms with Crippen LogP contribution in [-0.2, 0) is 20.9 Å². The third-order valence-corrected chi connectivity index (χ3v) is 4.94. The number of hydrogen-bond acceptors (Lipinski definition) is 5. The van der Waals surface area contributed by atoms with Gasteiger partial charge in [-0.05, 0) is 30.9 Å². The number of amides is 1. The van der Waals surface area contributed by atoms with Gasteiger partial charge in [0.05, 0.1) is 11.9 Å². The number of nitrogens with zero attached hydrogens (tertiary/aromatic N) is 1. The summed E-state index contributed by atoms with van der Waals surface area (Å²) in [6, 6.07) is 7.18. The predicted octanol–water partition coefficient (Wildman–Crippen LogP) is 2.22. The summed E-state index contributed by atoms with van der Waals surface area (Å²) >= 11 is 0. The predicted molar refractivity (Wildman–Crippen MR) is 95.6 cm³/mol. The standard InChI is InChI=1S/C19H24N2O5/c1-13-6-2-3-7-14(13)20-17(22)12-25-18(23)10-11-21-15-8-4-5-9-16(15)26-19(21)24/h4-5,8-9,13-14H,2-3,6-7,10-12H2,1H3,(H,20,22)/t13-,14+/m1/s1. The zero-order chi connectivity index (χ0) is 18.5. The van der Waals surface area contributed by atoms with Gasteiger partial charge < -0.3 is 14.5 Å². The van der Waals surface area contributed by atoms with E-state index >= 15 is 0 Å². The summed E-state index contributed by atoms with van der Waals surface area (Å²) in [5.41, 5.74) is 1.11. The molecule has 0 aliphatic heterocycles. The highest BCUT2D eigenvalue weighted by molar-refractivity contribution is 5.80. The molecule has 7 heteroatoms. The second-order valence-electron chi connectivity index (χ2n) is 6.83. The van der Waals surface area contributed by atoms with Crippen molar-refractivity contribution in [1.29, 1.82) is 0 Å². The van der Waals surface area contributed by atoms with Crippen LogP contribution in [0.15, 0.2) is 33.5 Å². The average molecular weight is 360 g/mol. The quantitative estimate of drug-likeness (QED) is 0.798. The van der Waals surface area contributed by atoms with E-state index in [4.69, 9.17) is 9.15 Å². The van der Waals surface area contributed by atoms with Crippen LogP contribution in [0, 0.1) is 5.92 Å². The van der Waals surface area contributed by atoms with Gasteiger partial charge in [-0.15, -0.1) is 0 Å². The van der Waals surface area contributed by atoms with Gasteiger partial charge in [0.2, 0.25) is 0 Å². The zero-order valence-corrected chi connectivity index (χ0v) is 14.9. The van der Waals surface area contributed by atoms with E-state index in [1.807, 2.05) is 0 Å². The molecule has 1 aromatic heterocycles. The SMILES string of the molecule is C[C@@H]1CCCC[C@@H]1NC(=O)COC(=O)CCn1c(=O)oc2ccccc21. The molecule has 1 aliphatic carbocycles. The van der Waals surface area contributed by atoms with Crippen LogP contribution in [0.25, 0.3) is 11.1 Å². The van der Waals surface area contributed by atoms with Crippen LogP contribution in [-0.4, -0.2) is 29.1 Å². The first-order valence-corrected chi connectivity index (χ1v) is 9.08. The lowest BCUT2D eigenvalue weighted by molar-refractivity contribution is -0.149. The van der Waals surface area contributed by atoms with Crippen LogP contribution in [0.4, 0.5) is 0 Å². The van der Waals surface area contributed by atoms with E-state index in [1.165, 1.54) is 11.0 Å². The Balaban J connectivity index is 1.46. The van der Waals surface area contributed by atoms with E-state index in [2.05, 4.69) is 12.2 Å². The van der Waals surface area contributed by atoms with E-state index in [0.29, 0.717) is 17.0 Å². The molecule has 0 radical (unpaired) electrons. The molecule has 3 rings (SSSR count). The molecule has 1 aliphatic rings. The van der Waals surface area contributed by atoms with Crippen LogP contribution >= 0.6 is 0 Å². The van der Waals surface area contributed by atoms with Crippen molar-refractivity contribution in [3.63, 3.8) is 0 Å². The number of rotatable bonds is 6. The van der Waals surface area contributed by atoms with Crippen LogP contribution in [0.1, 0.15) is 39.0 Å². The Labute approximate surface area is 151 Å². The van der Waals surface area contributed by atoms with Crippen molar-refractivity contribution in [2.45, 2.75) is 51.6 Å². The lowest BCUT2D eigenvalue weighted by Crippen LogP contribution is -2.42. The Morgan fingerprint density at radius 3 is 2.85 bits per heavy atom. The molecule has 26 heavy (non-hydrogen) atoms. The number of hydrogen-bond donors (Lipinski definition) is 1. The Kier molecular flexibility index (Phi) is 5.75. The number of carbonyl (C=O) groups is 2. The third kappa shape index (κ3) is 4.33. The first-order chi connectivity index (χ1) is 12.5. The van der Waals surface area contributed by atoms with Crippen molar-refractivity contribution >= 4 is 23.0 Å². The van der Waals surface area contributed by atoms with Gasteiger partial charge in [-0.3, -0.25) is 14.2 Å². The normalized spacial score (nSPS) is 20.0. The maximum absolute atomic E-state index is 12.0. The van der Waals surface area contributed by atoms with Gasteiger partial charge in [0.1, 0.15) is 0 Å². The Hall–Kier alpha value is -2.57. The van der Waals surface area contributed by atoms with Gasteiger partial charge in [0, 0.05) is 12.6 Å². The largest absolute Gasteiger partial charge is 0.456 e. The molecule has 2 atom stereocenters. The van der Waals surface area contributed by atoms with Gasteiger partial charge in [0.25, 0.3) is 5.91 Å². The summed E-state index contributed by atoms with van der Waals surface area (Å²) in [5.74, 6) is -0.857. The summed E-state index contributed by atoms with van der Waals surface area (Å²) < 4.78 is 11.5. The number of nitrogens with one attached hydrogen (secondary N) is 1. The van der Waals surface area contributed by atoms with E-state index < -0.39 is 11.7 Å². The van der Waals surface area contributed by atoms with E-state index in [-0.39, 0.29) is 31.5 Å². The van der Waals surface area contributed by atoms with E-state index in [0.717, 1.165) is 19.3 Å². The summed E-state index contributed by atoms with van der Waals surface area (Å²) in [6.07, 6.45) is 4.39. The van der Waals surface area contributed by atoms with Crippen molar-refractivity contribution < 1.29 is 18.7 Å². The summed E-state index contributed by atoms with van der Waals surface area (Å²) in [7, 11) is 0. The molecule has 1 heterocycles. The van der Waals surface area contributed by atoms with E-state index in [1.54, 1.807) is 24.3 Å². The number of carbonyl (C=O) groups excluding carboxylic acids is 2. The Bertz CT molecular complexity index is 838. The van der Waals surface area contributed by atoms with Gasteiger partial charge in [-0.25, -0.2) is 4.79 Å². The smallest absolute Gasteiger partial charge is 0.419 e. The number of aromatic nitrogens is 1. The molecule has 1 N–H and O–H groups in total. The Morgan fingerprint density at radius 1 is 1.27 bits per heavy atom. The van der Waals surface area contributed by atoms with Gasteiger partial charge in [0.15, 0.2) is 12.2 Å². The highest BCUT2D eigenvalue weighted by atomic mass is 16.5. The molecule has 1 fully saturated rings. The Morgan fingerprint density at radius 2 is 2.04 bits per heavy atom. The summed E-state index contributed by atoms with van der Waals surface area (Å²) in [5, 5.41) is 2.94. The maximum atomic E-state index is 12.0. The fraction of sp³-hybridized carbons (Fsp3) is 0.526. The van der Waals surface area contributed by atoms with Gasteiger partial charge >= 0.3 is 11.7 Å². The van der Waals surface area contributed by atoms with Crippen molar-refractivity contribution in [2.75, 3.05) is 6.61 Å². The molecule has 1 amide bonds. The van der Waals surface area contributed by atoms with E-state index in [9.17, 15) is 14.4 Å². The minimum Gasteiger partial charge on any atom is -0.456 e. The molecule has 0 bridgehead atoms. The topological polar surface area (TPSA) is 90.5 Å². The monoisotopic (exact) mass is 360 g/mol. The number of aryl methyl sites for hydroxylation is 1. The number of benzene rings is 1. The minimum atomic E-state index is -0.519. The first-order valence-electron chi connectivity index (χ1n) is 9.08. The lowest BCUT2D eigenvalue weighted by atomic mass is 9.86. The van der Waals surface area contributed by atoms with Crippen molar-refractivity contribution in [3.8, 4) is 0 Å².